The van der Waals surface area contributed by atoms with Crippen molar-refractivity contribution >= 4 is 17.8 Å². The molecular weight excluding hydrogens is 254 g/mol. The number of nitrogens with zero attached hydrogens (tertiary/aromatic N) is 1. The Labute approximate surface area is 112 Å². The molecule has 0 saturated carbocycles. The molecular formula is C12H21NO6. The Hall–Kier alpha value is -1.63. The van der Waals surface area contributed by atoms with Crippen LogP contribution in [0, 0.1) is 0 Å². The van der Waals surface area contributed by atoms with E-state index in [2.05, 4.69) is 9.47 Å². The van der Waals surface area contributed by atoms with Gasteiger partial charge in [0.1, 0.15) is 13.1 Å². The predicted octanol–water partition coefficient (Wildman–Crippen LogP) is -0.0239. The zero-order valence-corrected chi connectivity index (χ0v) is 11.8. The fourth-order valence-electron chi connectivity index (χ4n) is 1.28. The molecule has 0 heterocycles. The number of carbonyl (C=O) groups is 3. The van der Waals surface area contributed by atoms with Gasteiger partial charge in [-0.2, -0.15) is 0 Å². The van der Waals surface area contributed by atoms with Crippen molar-refractivity contribution in [2.24, 2.45) is 0 Å². The molecule has 0 radical (unpaired) electrons. The Bertz CT molecular complexity index is 299. The van der Waals surface area contributed by atoms with E-state index < -0.39 is 11.9 Å². The van der Waals surface area contributed by atoms with Gasteiger partial charge in [-0.3, -0.25) is 14.4 Å². The van der Waals surface area contributed by atoms with Gasteiger partial charge in [-0.1, -0.05) is 0 Å². The largest absolute Gasteiger partial charge is 0.468 e. The van der Waals surface area contributed by atoms with E-state index in [0.717, 1.165) is 4.90 Å². The molecule has 110 valence electrons. The van der Waals surface area contributed by atoms with Gasteiger partial charge < -0.3 is 19.1 Å². The Kier molecular flexibility index (Phi) is 8.52. The van der Waals surface area contributed by atoms with Crippen molar-refractivity contribution in [2.45, 2.75) is 25.9 Å². The standard InChI is InChI=1S/C12H21NO6/c1-9(17-2)5-6-10(14)13(7-11(15)18-3)8-12(16)19-4/h9H,5-8H2,1-4H3. The average Bonchev–Trinajstić information content (AvgIpc) is 2.42. The lowest BCUT2D eigenvalue weighted by Gasteiger charge is -2.20. The number of ether oxygens (including phenoxy) is 3. The summed E-state index contributed by atoms with van der Waals surface area (Å²) < 4.78 is 14.0. The summed E-state index contributed by atoms with van der Waals surface area (Å²) in [4.78, 5) is 35.4. The molecule has 0 aliphatic heterocycles. The zero-order valence-electron chi connectivity index (χ0n) is 11.8. The number of amides is 1. The quantitative estimate of drug-likeness (QED) is 0.579. The normalized spacial score (nSPS) is 11.6. The second kappa shape index (κ2) is 9.32. The minimum atomic E-state index is -0.586. The van der Waals surface area contributed by atoms with Crippen LogP contribution in [0.4, 0.5) is 0 Å². The molecule has 1 unspecified atom stereocenters. The minimum absolute atomic E-state index is 0.0675. The molecule has 7 heteroatoms. The highest BCUT2D eigenvalue weighted by Crippen LogP contribution is 2.04. The van der Waals surface area contributed by atoms with Crippen LogP contribution >= 0.6 is 0 Å². The summed E-state index contributed by atoms with van der Waals surface area (Å²) in [6.07, 6.45) is 0.624. The fourth-order valence-corrected chi connectivity index (χ4v) is 1.28. The van der Waals surface area contributed by atoms with Gasteiger partial charge in [-0.25, -0.2) is 0 Å². The van der Waals surface area contributed by atoms with Crippen LogP contribution in [-0.4, -0.2) is 63.3 Å². The van der Waals surface area contributed by atoms with Crippen LogP contribution in [-0.2, 0) is 28.6 Å². The second-order valence-electron chi connectivity index (χ2n) is 3.99. The molecule has 0 aromatic heterocycles. The Morgan fingerprint density at radius 1 is 1.00 bits per heavy atom. The van der Waals surface area contributed by atoms with Gasteiger partial charge in [0.05, 0.1) is 20.3 Å². The third kappa shape index (κ3) is 7.40. The molecule has 0 N–H and O–H groups in total. The summed E-state index contributed by atoms with van der Waals surface area (Å²) in [6, 6.07) is 0. The van der Waals surface area contributed by atoms with Crippen molar-refractivity contribution in [3.05, 3.63) is 0 Å². The molecule has 0 saturated heterocycles. The molecule has 0 aliphatic carbocycles. The fraction of sp³-hybridized carbons (Fsp3) is 0.750. The van der Waals surface area contributed by atoms with Crippen molar-refractivity contribution in [3.63, 3.8) is 0 Å². The summed E-state index contributed by atoms with van der Waals surface area (Å²) in [6.45, 7) is 1.29. The van der Waals surface area contributed by atoms with E-state index in [1.165, 1.54) is 14.2 Å². The SMILES string of the molecule is COC(=O)CN(CC(=O)OC)C(=O)CCC(C)OC. The topological polar surface area (TPSA) is 82.1 Å². The first kappa shape index (κ1) is 17.4. The van der Waals surface area contributed by atoms with Crippen LogP contribution in [0.5, 0.6) is 0 Å². The van der Waals surface area contributed by atoms with Crippen molar-refractivity contribution in [1.82, 2.24) is 4.90 Å². The lowest BCUT2D eigenvalue weighted by molar-refractivity contribution is -0.152. The Balaban J connectivity index is 4.49. The maximum atomic E-state index is 11.9. The van der Waals surface area contributed by atoms with Gasteiger partial charge in [0, 0.05) is 13.5 Å². The number of rotatable bonds is 8. The molecule has 0 rings (SSSR count). The maximum absolute atomic E-state index is 11.9. The van der Waals surface area contributed by atoms with Gasteiger partial charge >= 0.3 is 11.9 Å². The number of carbonyl (C=O) groups excluding carboxylic acids is 3. The Morgan fingerprint density at radius 2 is 1.47 bits per heavy atom. The molecule has 0 bridgehead atoms. The maximum Gasteiger partial charge on any atom is 0.325 e. The van der Waals surface area contributed by atoms with Gasteiger partial charge in [0.15, 0.2) is 0 Å². The van der Waals surface area contributed by atoms with Crippen LogP contribution in [0.1, 0.15) is 19.8 Å². The third-order valence-electron chi connectivity index (χ3n) is 2.62. The van der Waals surface area contributed by atoms with Crippen molar-refractivity contribution in [1.29, 1.82) is 0 Å². The summed E-state index contributed by atoms with van der Waals surface area (Å²) in [7, 11) is 3.99. The molecule has 1 atom stereocenters. The highest BCUT2D eigenvalue weighted by Gasteiger charge is 2.21. The molecule has 0 aromatic rings. The molecule has 0 fully saturated rings. The smallest absolute Gasteiger partial charge is 0.325 e. The monoisotopic (exact) mass is 275 g/mol. The summed E-state index contributed by atoms with van der Waals surface area (Å²) in [5, 5.41) is 0. The van der Waals surface area contributed by atoms with Crippen molar-refractivity contribution in [2.75, 3.05) is 34.4 Å². The molecule has 7 nitrogen and oxygen atoms in total. The van der Waals surface area contributed by atoms with E-state index >= 15 is 0 Å². The van der Waals surface area contributed by atoms with Crippen molar-refractivity contribution in [3.8, 4) is 0 Å². The first-order chi connectivity index (χ1) is 8.94. The van der Waals surface area contributed by atoms with E-state index in [1.807, 2.05) is 6.92 Å². The predicted molar refractivity (Wildman–Crippen MR) is 66.3 cm³/mol. The highest BCUT2D eigenvalue weighted by molar-refractivity contribution is 5.85. The number of hydrogen-bond donors (Lipinski definition) is 0. The van der Waals surface area contributed by atoms with Crippen LogP contribution < -0.4 is 0 Å². The van der Waals surface area contributed by atoms with E-state index in [-0.39, 0.29) is 31.5 Å². The van der Waals surface area contributed by atoms with E-state index in [9.17, 15) is 14.4 Å². The lowest BCUT2D eigenvalue weighted by atomic mass is 10.2. The summed E-state index contributed by atoms with van der Waals surface area (Å²) >= 11 is 0. The zero-order chi connectivity index (χ0) is 14.8. The van der Waals surface area contributed by atoms with Gasteiger partial charge in [0.2, 0.25) is 5.91 Å². The third-order valence-corrected chi connectivity index (χ3v) is 2.62. The number of esters is 2. The van der Waals surface area contributed by atoms with E-state index in [0.29, 0.717) is 6.42 Å². The first-order valence-corrected chi connectivity index (χ1v) is 5.88. The second-order valence-corrected chi connectivity index (χ2v) is 3.99. The van der Waals surface area contributed by atoms with Gasteiger partial charge in [0.25, 0.3) is 0 Å². The van der Waals surface area contributed by atoms with E-state index in [1.54, 1.807) is 7.11 Å². The highest BCUT2D eigenvalue weighted by atomic mass is 16.5. The minimum Gasteiger partial charge on any atom is -0.468 e. The molecule has 19 heavy (non-hydrogen) atoms. The van der Waals surface area contributed by atoms with Crippen molar-refractivity contribution < 1.29 is 28.6 Å². The van der Waals surface area contributed by atoms with E-state index in [4.69, 9.17) is 4.74 Å². The van der Waals surface area contributed by atoms with Gasteiger partial charge in [-0.15, -0.1) is 0 Å². The van der Waals surface area contributed by atoms with Gasteiger partial charge in [-0.05, 0) is 13.3 Å². The molecule has 1 amide bonds. The molecule has 0 aromatic carbocycles. The van der Waals surface area contributed by atoms with Crippen LogP contribution in [0.25, 0.3) is 0 Å². The summed E-state index contributed by atoms with van der Waals surface area (Å²) in [5.41, 5.74) is 0. The van der Waals surface area contributed by atoms with Crippen LogP contribution in [0.15, 0.2) is 0 Å². The first-order valence-electron chi connectivity index (χ1n) is 5.88. The molecule has 0 spiro atoms. The number of hydrogen-bond acceptors (Lipinski definition) is 6. The van der Waals surface area contributed by atoms with Crippen LogP contribution in [0.3, 0.4) is 0 Å². The summed E-state index contributed by atoms with van der Waals surface area (Å²) in [5.74, 6) is -1.49. The lowest BCUT2D eigenvalue weighted by Crippen LogP contribution is -2.40. The van der Waals surface area contributed by atoms with Crippen LogP contribution in [0.2, 0.25) is 0 Å². The average molecular weight is 275 g/mol. The molecule has 0 aliphatic rings. The Morgan fingerprint density at radius 3 is 1.84 bits per heavy atom. The number of methoxy groups -OCH3 is 3.